The van der Waals surface area contributed by atoms with Crippen molar-refractivity contribution in [3.8, 4) is 0 Å². The largest absolute Gasteiger partial charge is 0.437 e. The van der Waals surface area contributed by atoms with Crippen LogP contribution < -0.4 is 0 Å². The van der Waals surface area contributed by atoms with Gasteiger partial charge in [-0.3, -0.25) is 0 Å². The van der Waals surface area contributed by atoms with Crippen LogP contribution in [0.15, 0.2) is 34.8 Å². The van der Waals surface area contributed by atoms with E-state index < -0.39 is 0 Å². The number of para-hydroxylation sites is 2. The molecule has 0 bridgehead atoms. The van der Waals surface area contributed by atoms with Crippen LogP contribution in [0.4, 0.5) is 0 Å². The Morgan fingerprint density at radius 2 is 2.23 bits per heavy atom. The fourth-order valence-electron chi connectivity index (χ4n) is 1.18. The van der Waals surface area contributed by atoms with Gasteiger partial charge in [0.25, 0.3) is 0 Å². The lowest BCUT2D eigenvalue weighted by Gasteiger charge is -1.80. The molecule has 0 spiro atoms. The molecule has 0 N–H and O–H groups in total. The van der Waals surface area contributed by atoms with E-state index in [4.69, 9.17) is 4.42 Å². The minimum atomic E-state index is 0.683. The molecule has 1 aromatic carbocycles. The highest BCUT2D eigenvalue weighted by Crippen LogP contribution is 2.15. The second-order valence-electron chi connectivity index (χ2n) is 2.83. The maximum Gasteiger partial charge on any atom is 0.219 e. The number of hydrogen-bond donors (Lipinski definition) is 0. The SMILES string of the molecule is CCC=Cc1nc2ccccc2o1. The topological polar surface area (TPSA) is 26.0 Å². The van der Waals surface area contributed by atoms with Crippen LogP contribution in [-0.4, -0.2) is 4.98 Å². The number of rotatable bonds is 2. The van der Waals surface area contributed by atoms with E-state index in [-0.39, 0.29) is 0 Å². The van der Waals surface area contributed by atoms with Gasteiger partial charge in [0.05, 0.1) is 0 Å². The van der Waals surface area contributed by atoms with E-state index in [1.165, 1.54) is 0 Å². The number of oxazole rings is 1. The second kappa shape index (κ2) is 3.44. The Kier molecular flexibility index (Phi) is 2.13. The molecule has 0 fully saturated rings. The third kappa shape index (κ3) is 1.61. The molecule has 0 atom stereocenters. The highest BCUT2D eigenvalue weighted by Gasteiger charge is 1.99. The Bertz CT molecular complexity index is 395. The summed E-state index contributed by atoms with van der Waals surface area (Å²) in [6.45, 7) is 2.08. The van der Waals surface area contributed by atoms with Gasteiger partial charge in [-0.15, -0.1) is 0 Å². The number of allylic oxidation sites excluding steroid dienone is 1. The smallest absolute Gasteiger partial charge is 0.219 e. The fourth-order valence-corrected chi connectivity index (χ4v) is 1.18. The van der Waals surface area contributed by atoms with Gasteiger partial charge in [-0.05, 0) is 24.6 Å². The van der Waals surface area contributed by atoms with Crippen molar-refractivity contribution in [2.24, 2.45) is 0 Å². The summed E-state index contributed by atoms with van der Waals surface area (Å²) >= 11 is 0. The van der Waals surface area contributed by atoms with Crippen LogP contribution in [-0.2, 0) is 0 Å². The first kappa shape index (κ1) is 8.05. The van der Waals surface area contributed by atoms with Crippen molar-refractivity contribution < 1.29 is 4.42 Å². The van der Waals surface area contributed by atoms with Crippen LogP contribution in [0.2, 0.25) is 0 Å². The lowest BCUT2D eigenvalue weighted by Crippen LogP contribution is -1.67. The zero-order valence-corrected chi connectivity index (χ0v) is 7.53. The van der Waals surface area contributed by atoms with Crippen LogP contribution in [0.5, 0.6) is 0 Å². The Labute approximate surface area is 76.9 Å². The third-order valence-corrected chi connectivity index (χ3v) is 1.81. The van der Waals surface area contributed by atoms with E-state index in [0.717, 1.165) is 17.5 Å². The van der Waals surface area contributed by atoms with Gasteiger partial charge < -0.3 is 4.42 Å². The molecule has 2 nitrogen and oxygen atoms in total. The summed E-state index contributed by atoms with van der Waals surface area (Å²) < 4.78 is 5.47. The Morgan fingerprint density at radius 3 is 3.00 bits per heavy atom. The summed E-state index contributed by atoms with van der Waals surface area (Å²) in [5, 5.41) is 0. The van der Waals surface area contributed by atoms with Gasteiger partial charge in [-0.1, -0.05) is 25.1 Å². The Balaban J connectivity index is 2.44. The first-order chi connectivity index (χ1) is 6.40. The predicted molar refractivity (Wildman–Crippen MR) is 53.3 cm³/mol. The average Bonchev–Trinajstić information content (AvgIpc) is 2.57. The van der Waals surface area contributed by atoms with E-state index >= 15 is 0 Å². The molecular weight excluding hydrogens is 162 g/mol. The molecule has 2 rings (SSSR count). The third-order valence-electron chi connectivity index (χ3n) is 1.81. The van der Waals surface area contributed by atoms with Crippen molar-refractivity contribution in [1.82, 2.24) is 4.98 Å². The number of nitrogens with zero attached hydrogens (tertiary/aromatic N) is 1. The van der Waals surface area contributed by atoms with Crippen molar-refractivity contribution >= 4 is 17.2 Å². The number of hydrogen-bond acceptors (Lipinski definition) is 2. The predicted octanol–water partition coefficient (Wildman–Crippen LogP) is 3.25. The number of aromatic nitrogens is 1. The van der Waals surface area contributed by atoms with Gasteiger partial charge in [0.2, 0.25) is 5.89 Å². The summed E-state index contributed by atoms with van der Waals surface area (Å²) in [6, 6.07) is 7.77. The molecule has 1 heterocycles. The molecule has 2 heteroatoms. The Morgan fingerprint density at radius 1 is 1.38 bits per heavy atom. The molecule has 0 aliphatic heterocycles. The minimum Gasteiger partial charge on any atom is -0.437 e. The van der Waals surface area contributed by atoms with E-state index in [1.807, 2.05) is 36.4 Å². The molecule has 0 aliphatic rings. The van der Waals surface area contributed by atoms with Gasteiger partial charge in [0.1, 0.15) is 5.52 Å². The normalized spacial score (nSPS) is 11.5. The van der Waals surface area contributed by atoms with Crippen LogP contribution in [0.1, 0.15) is 19.2 Å². The van der Waals surface area contributed by atoms with Gasteiger partial charge in [-0.2, -0.15) is 0 Å². The van der Waals surface area contributed by atoms with Crippen LogP contribution >= 0.6 is 0 Å². The van der Waals surface area contributed by atoms with E-state index in [1.54, 1.807) is 0 Å². The minimum absolute atomic E-state index is 0.683. The molecule has 13 heavy (non-hydrogen) atoms. The maximum atomic E-state index is 5.47. The molecule has 0 saturated carbocycles. The molecule has 0 amide bonds. The lowest BCUT2D eigenvalue weighted by atomic mass is 10.3. The first-order valence-electron chi connectivity index (χ1n) is 4.42. The molecule has 0 radical (unpaired) electrons. The van der Waals surface area contributed by atoms with Crippen molar-refractivity contribution in [3.63, 3.8) is 0 Å². The monoisotopic (exact) mass is 173 g/mol. The lowest BCUT2D eigenvalue weighted by molar-refractivity contribution is 0.589. The van der Waals surface area contributed by atoms with Crippen molar-refractivity contribution in [3.05, 3.63) is 36.2 Å². The molecule has 0 unspecified atom stereocenters. The molecule has 1 aromatic heterocycles. The van der Waals surface area contributed by atoms with Gasteiger partial charge >= 0.3 is 0 Å². The van der Waals surface area contributed by atoms with E-state index in [9.17, 15) is 0 Å². The Hall–Kier alpha value is -1.57. The fraction of sp³-hybridized carbons (Fsp3) is 0.182. The van der Waals surface area contributed by atoms with Crippen molar-refractivity contribution in [2.45, 2.75) is 13.3 Å². The summed E-state index contributed by atoms with van der Waals surface area (Å²) in [4.78, 5) is 4.30. The van der Waals surface area contributed by atoms with Crippen LogP contribution in [0.3, 0.4) is 0 Å². The zero-order valence-electron chi connectivity index (χ0n) is 7.53. The molecule has 0 saturated heterocycles. The van der Waals surface area contributed by atoms with Crippen LogP contribution in [0, 0.1) is 0 Å². The number of benzene rings is 1. The molecule has 0 aliphatic carbocycles. The van der Waals surface area contributed by atoms with Crippen molar-refractivity contribution in [2.75, 3.05) is 0 Å². The summed E-state index contributed by atoms with van der Waals surface area (Å²) in [5.74, 6) is 0.683. The highest BCUT2D eigenvalue weighted by atomic mass is 16.3. The summed E-state index contributed by atoms with van der Waals surface area (Å²) in [5.41, 5.74) is 1.76. The summed E-state index contributed by atoms with van der Waals surface area (Å²) in [7, 11) is 0. The average molecular weight is 173 g/mol. The molecule has 2 aromatic rings. The summed E-state index contributed by atoms with van der Waals surface area (Å²) in [6.07, 6.45) is 4.93. The zero-order chi connectivity index (χ0) is 9.10. The van der Waals surface area contributed by atoms with Crippen LogP contribution in [0.25, 0.3) is 17.2 Å². The second-order valence-corrected chi connectivity index (χ2v) is 2.83. The van der Waals surface area contributed by atoms with Gasteiger partial charge in [0.15, 0.2) is 5.58 Å². The van der Waals surface area contributed by atoms with Gasteiger partial charge in [-0.25, -0.2) is 4.98 Å². The first-order valence-corrected chi connectivity index (χ1v) is 4.42. The highest BCUT2D eigenvalue weighted by molar-refractivity contribution is 5.73. The van der Waals surface area contributed by atoms with E-state index in [2.05, 4.69) is 11.9 Å². The number of fused-ring (bicyclic) bond motifs is 1. The maximum absolute atomic E-state index is 5.47. The quantitative estimate of drug-likeness (QED) is 0.696. The molecule has 66 valence electrons. The van der Waals surface area contributed by atoms with Crippen molar-refractivity contribution in [1.29, 1.82) is 0 Å². The molecular formula is C11H11NO. The standard InChI is InChI=1S/C11H11NO/c1-2-3-8-11-12-9-6-4-5-7-10(9)13-11/h3-8H,2H2,1H3. The van der Waals surface area contributed by atoms with Gasteiger partial charge in [0, 0.05) is 0 Å². The van der Waals surface area contributed by atoms with E-state index in [0.29, 0.717) is 5.89 Å².